The summed E-state index contributed by atoms with van der Waals surface area (Å²) in [6.07, 6.45) is 1.78. The first-order chi connectivity index (χ1) is 9.11. The molecule has 0 aromatic carbocycles. The molecule has 0 aliphatic rings. The molecule has 1 atom stereocenters. The Morgan fingerprint density at radius 2 is 2.42 bits per heavy atom. The first-order valence-electron chi connectivity index (χ1n) is 5.49. The van der Waals surface area contributed by atoms with E-state index < -0.39 is 5.97 Å². The zero-order valence-corrected chi connectivity index (χ0v) is 12.7. The van der Waals surface area contributed by atoms with Gasteiger partial charge in [0.15, 0.2) is 15.2 Å². The Balaban J connectivity index is 1.98. The monoisotopic (exact) mass is 317 g/mol. The van der Waals surface area contributed by atoms with Crippen molar-refractivity contribution in [1.82, 2.24) is 9.97 Å². The number of carbonyl (C=O) groups excluding carboxylic acids is 1. The number of thiazole rings is 2. The van der Waals surface area contributed by atoms with E-state index in [2.05, 4.69) is 26.9 Å². The SMILES string of the molecule is COC(=O)c1sc(NCC(C)c2nccs2)nc1Cl. The second-order valence-electron chi connectivity index (χ2n) is 3.78. The molecular weight excluding hydrogens is 306 g/mol. The minimum atomic E-state index is -0.469. The average Bonchev–Trinajstić information content (AvgIpc) is 3.04. The summed E-state index contributed by atoms with van der Waals surface area (Å²) in [6.45, 7) is 2.75. The summed E-state index contributed by atoms with van der Waals surface area (Å²) in [7, 11) is 1.32. The highest BCUT2D eigenvalue weighted by molar-refractivity contribution is 7.18. The van der Waals surface area contributed by atoms with E-state index in [0.717, 1.165) is 5.01 Å². The van der Waals surface area contributed by atoms with Gasteiger partial charge in [-0.15, -0.1) is 11.3 Å². The van der Waals surface area contributed by atoms with Gasteiger partial charge in [0, 0.05) is 24.0 Å². The van der Waals surface area contributed by atoms with Crippen LogP contribution in [0.25, 0.3) is 0 Å². The van der Waals surface area contributed by atoms with Crippen LogP contribution in [0.15, 0.2) is 11.6 Å². The lowest BCUT2D eigenvalue weighted by Crippen LogP contribution is -2.09. The maximum Gasteiger partial charge on any atom is 0.351 e. The van der Waals surface area contributed by atoms with Crippen LogP contribution < -0.4 is 5.32 Å². The fourth-order valence-corrected chi connectivity index (χ4v) is 3.21. The largest absolute Gasteiger partial charge is 0.465 e. The molecule has 2 heterocycles. The van der Waals surface area contributed by atoms with Gasteiger partial charge in [-0.05, 0) is 0 Å². The fourth-order valence-electron chi connectivity index (χ4n) is 1.40. The molecule has 8 heteroatoms. The molecule has 2 aromatic rings. The van der Waals surface area contributed by atoms with Gasteiger partial charge in [-0.25, -0.2) is 14.8 Å². The Labute approximate surface area is 123 Å². The molecule has 5 nitrogen and oxygen atoms in total. The van der Waals surface area contributed by atoms with Crippen LogP contribution in [0.2, 0.25) is 5.15 Å². The van der Waals surface area contributed by atoms with Crippen molar-refractivity contribution in [2.45, 2.75) is 12.8 Å². The number of hydrogen-bond acceptors (Lipinski definition) is 7. The molecule has 0 radical (unpaired) electrons. The van der Waals surface area contributed by atoms with Crippen molar-refractivity contribution in [3.05, 3.63) is 26.6 Å². The van der Waals surface area contributed by atoms with Gasteiger partial charge in [0.05, 0.1) is 12.1 Å². The third-order valence-corrected chi connectivity index (χ3v) is 4.77. The van der Waals surface area contributed by atoms with Gasteiger partial charge in [-0.2, -0.15) is 0 Å². The maximum absolute atomic E-state index is 11.4. The number of aromatic nitrogens is 2. The highest BCUT2D eigenvalue weighted by Gasteiger charge is 2.17. The summed E-state index contributed by atoms with van der Waals surface area (Å²) >= 11 is 8.68. The van der Waals surface area contributed by atoms with Crippen molar-refractivity contribution in [2.75, 3.05) is 19.0 Å². The van der Waals surface area contributed by atoms with Crippen molar-refractivity contribution in [1.29, 1.82) is 0 Å². The van der Waals surface area contributed by atoms with Crippen LogP contribution in [0.4, 0.5) is 5.13 Å². The average molecular weight is 318 g/mol. The minimum absolute atomic E-state index is 0.168. The van der Waals surface area contributed by atoms with Crippen molar-refractivity contribution in [3.8, 4) is 0 Å². The summed E-state index contributed by atoms with van der Waals surface area (Å²) in [5.74, 6) is -0.201. The lowest BCUT2D eigenvalue weighted by Gasteiger charge is -2.08. The van der Waals surface area contributed by atoms with Crippen molar-refractivity contribution in [3.63, 3.8) is 0 Å². The number of ether oxygens (including phenoxy) is 1. The number of methoxy groups -OCH3 is 1. The standard InChI is InChI=1S/C11H12ClN3O2S2/c1-6(9-13-3-4-18-9)5-14-11-15-8(12)7(19-11)10(16)17-2/h3-4,6H,5H2,1-2H3,(H,14,15). The van der Waals surface area contributed by atoms with E-state index in [1.165, 1.54) is 18.4 Å². The molecule has 19 heavy (non-hydrogen) atoms. The quantitative estimate of drug-likeness (QED) is 0.858. The van der Waals surface area contributed by atoms with E-state index in [1.807, 2.05) is 5.38 Å². The number of anilines is 1. The molecule has 0 bridgehead atoms. The lowest BCUT2D eigenvalue weighted by molar-refractivity contribution is 0.0606. The molecule has 0 spiro atoms. The van der Waals surface area contributed by atoms with Crippen molar-refractivity contribution in [2.24, 2.45) is 0 Å². The Morgan fingerprint density at radius 3 is 3.05 bits per heavy atom. The summed E-state index contributed by atoms with van der Waals surface area (Å²) < 4.78 is 4.63. The highest BCUT2D eigenvalue weighted by Crippen LogP contribution is 2.28. The number of rotatable bonds is 5. The second-order valence-corrected chi connectivity index (χ2v) is 6.07. The van der Waals surface area contributed by atoms with Gasteiger partial charge in [0.2, 0.25) is 0 Å². The zero-order chi connectivity index (χ0) is 13.8. The van der Waals surface area contributed by atoms with E-state index in [-0.39, 0.29) is 11.1 Å². The lowest BCUT2D eigenvalue weighted by atomic mass is 10.2. The van der Waals surface area contributed by atoms with E-state index >= 15 is 0 Å². The third kappa shape index (κ3) is 3.43. The summed E-state index contributed by atoms with van der Waals surface area (Å²) in [6, 6.07) is 0. The summed E-state index contributed by atoms with van der Waals surface area (Å²) in [5, 5.41) is 6.93. The molecule has 1 N–H and O–H groups in total. The van der Waals surface area contributed by atoms with Crippen LogP contribution in [0, 0.1) is 0 Å². The fraction of sp³-hybridized carbons (Fsp3) is 0.364. The number of carbonyl (C=O) groups is 1. The number of halogens is 1. The zero-order valence-electron chi connectivity index (χ0n) is 10.3. The molecule has 2 rings (SSSR count). The Bertz CT molecular complexity index is 556. The third-order valence-electron chi connectivity index (χ3n) is 2.39. The molecule has 0 saturated carbocycles. The first-order valence-corrected chi connectivity index (χ1v) is 7.57. The van der Waals surface area contributed by atoms with Gasteiger partial charge < -0.3 is 10.1 Å². The van der Waals surface area contributed by atoms with Gasteiger partial charge in [-0.3, -0.25) is 0 Å². The topological polar surface area (TPSA) is 64.1 Å². The molecule has 0 fully saturated rings. The number of esters is 1. The van der Waals surface area contributed by atoms with Gasteiger partial charge in [0.25, 0.3) is 0 Å². The molecule has 0 saturated heterocycles. The smallest absolute Gasteiger partial charge is 0.351 e. The van der Waals surface area contributed by atoms with Crippen LogP contribution in [0.5, 0.6) is 0 Å². The van der Waals surface area contributed by atoms with E-state index in [0.29, 0.717) is 16.6 Å². The first kappa shape index (κ1) is 14.2. The number of nitrogens with one attached hydrogen (secondary N) is 1. The molecule has 0 amide bonds. The van der Waals surface area contributed by atoms with Crippen LogP contribution in [0.3, 0.4) is 0 Å². The predicted octanol–water partition coefficient (Wildman–Crippen LogP) is 3.26. The molecule has 1 unspecified atom stereocenters. The van der Waals surface area contributed by atoms with Crippen LogP contribution in [-0.4, -0.2) is 29.6 Å². The van der Waals surface area contributed by atoms with Crippen LogP contribution >= 0.6 is 34.3 Å². The van der Waals surface area contributed by atoms with Crippen LogP contribution in [-0.2, 0) is 4.74 Å². The predicted molar refractivity (Wildman–Crippen MR) is 77.5 cm³/mol. The Kier molecular flexibility index (Phi) is 4.73. The molecule has 0 aliphatic carbocycles. The van der Waals surface area contributed by atoms with Gasteiger partial charge in [-0.1, -0.05) is 29.9 Å². The maximum atomic E-state index is 11.4. The normalized spacial score (nSPS) is 12.2. The van der Waals surface area contributed by atoms with E-state index in [1.54, 1.807) is 17.5 Å². The summed E-state index contributed by atoms with van der Waals surface area (Å²) in [5.41, 5.74) is 0. The van der Waals surface area contributed by atoms with E-state index in [4.69, 9.17) is 11.6 Å². The van der Waals surface area contributed by atoms with Gasteiger partial charge in [0.1, 0.15) is 0 Å². The molecule has 102 valence electrons. The summed E-state index contributed by atoms with van der Waals surface area (Å²) in [4.78, 5) is 20.1. The molecular formula is C11H12ClN3O2S2. The highest BCUT2D eigenvalue weighted by atomic mass is 35.5. The van der Waals surface area contributed by atoms with Crippen molar-refractivity contribution < 1.29 is 9.53 Å². The van der Waals surface area contributed by atoms with Crippen LogP contribution in [0.1, 0.15) is 27.5 Å². The van der Waals surface area contributed by atoms with Gasteiger partial charge >= 0.3 is 5.97 Å². The second kappa shape index (κ2) is 6.31. The number of hydrogen-bond donors (Lipinski definition) is 1. The molecule has 2 aromatic heterocycles. The minimum Gasteiger partial charge on any atom is -0.465 e. The number of nitrogens with zero attached hydrogens (tertiary/aromatic N) is 2. The Hall–Kier alpha value is -1.18. The molecule has 0 aliphatic heterocycles. The van der Waals surface area contributed by atoms with Crippen molar-refractivity contribution >= 4 is 45.4 Å². The van der Waals surface area contributed by atoms with E-state index in [9.17, 15) is 4.79 Å². The Morgan fingerprint density at radius 1 is 1.63 bits per heavy atom.